The van der Waals surface area contributed by atoms with E-state index in [-0.39, 0.29) is 6.09 Å². The molecule has 1 saturated heterocycles. The Balaban J connectivity index is 1.67. The van der Waals surface area contributed by atoms with Crippen LogP contribution in [0.3, 0.4) is 0 Å². The number of aromatic nitrogens is 2. The van der Waals surface area contributed by atoms with E-state index in [1.54, 1.807) is 4.90 Å². The highest BCUT2D eigenvalue weighted by Crippen LogP contribution is 2.16. The lowest BCUT2D eigenvalue weighted by Gasteiger charge is -2.33. The van der Waals surface area contributed by atoms with Crippen LogP contribution in [0.2, 0.25) is 0 Å². The van der Waals surface area contributed by atoms with Gasteiger partial charge in [0, 0.05) is 33.2 Å². The number of amides is 1. The predicted molar refractivity (Wildman–Crippen MR) is 80.0 cm³/mol. The Hall–Kier alpha value is -2.08. The lowest BCUT2D eigenvalue weighted by atomic mass is 10.3. The molecular weight excluding hydrogens is 268 g/mol. The van der Waals surface area contributed by atoms with Gasteiger partial charge in [-0.1, -0.05) is 12.1 Å². The third-order valence-electron chi connectivity index (χ3n) is 4.05. The first-order valence-electron chi connectivity index (χ1n) is 7.14. The van der Waals surface area contributed by atoms with Crippen molar-refractivity contribution in [1.82, 2.24) is 19.4 Å². The number of hydrogen-bond acceptors (Lipinski definition) is 4. The standard InChI is InChI=1S/C15H20N4O2/c1-17-13-6-4-3-5-12(13)16-14(17)11-18-7-9-19(10-8-18)15(20)21-2/h3-6H,7-11H2,1-2H3. The zero-order chi connectivity index (χ0) is 14.8. The predicted octanol–water partition coefficient (Wildman–Crippen LogP) is 1.46. The molecular formula is C15H20N4O2. The number of carbonyl (C=O) groups is 1. The summed E-state index contributed by atoms with van der Waals surface area (Å²) in [7, 11) is 3.48. The third-order valence-corrected chi connectivity index (χ3v) is 4.05. The molecule has 0 unspecified atom stereocenters. The van der Waals surface area contributed by atoms with Crippen molar-refractivity contribution in [1.29, 1.82) is 0 Å². The van der Waals surface area contributed by atoms with Crippen LogP contribution in [-0.4, -0.2) is 58.7 Å². The molecule has 1 aliphatic heterocycles. The first-order valence-corrected chi connectivity index (χ1v) is 7.14. The molecule has 6 nitrogen and oxygen atoms in total. The molecule has 1 aromatic heterocycles. The number of rotatable bonds is 2. The Morgan fingerprint density at radius 1 is 1.24 bits per heavy atom. The summed E-state index contributed by atoms with van der Waals surface area (Å²) in [5.74, 6) is 1.06. The van der Waals surface area contributed by atoms with E-state index in [0.29, 0.717) is 13.1 Å². The fraction of sp³-hybridized carbons (Fsp3) is 0.467. The van der Waals surface area contributed by atoms with Gasteiger partial charge in [-0.15, -0.1) is 0 Å². The highest BCUT2D eigenvalue weighted by molar-refractivity contribution is 5.75. The molecule has 0 bridgehead atoms. The fourth-order valence-electron chi connectivity index (χ4n) is 2.75. The fourth-order valence-corrected chi connectivity index (χ4v) is 2.75. The minimum atomic E-state index is -0.239. The number of para-hydroxylation sites is 2. The van der Waals surface area contributed by atoms with E-state index in [9.17, 15) is 4.79 Å². The summed E-state index contributed by atoms with van der Waals surface area (Å²) in [6.07, 6.45) is -0.239. The number of carbonyl (C=O) groups excluding carboxylic acids is 1. The van der Waals surface area contributed by atoms with E-state index in [1.807, 2.05) is 18.2 Å². The molecule has 112 valence electrons. The van der Waals surface area contributed by atoms with Gasteiger partial charge < -0.3 is 14.2 Å². The van der Waals surface area contributed by atoms with Crippen molar-refractivity contribution in [3.63, 3.8) is 0 Å². The van der Waals surface area contributed by atoms with Gasteiger partial charge in [0.05, 0.1) is 24.7 Å². The summed E-state index contributed by atoms with van der Waals surface area (Å²) >= 11 is 0. The topological polar surface area (TPSA) is 50.6 Å². The maximum atomic E-state index is 11.5. The third kappa shape index (κ3) is 2.71. The molecule has 0 saturated carbocycles. The van der Waals surface area contributed by atoms with Crippen LogP contribution in [0.1, 0.15) is 5.82 Å². The van der Waals surface area contributed by atoms with Crippen molar-refractivity contribution >= 4 is 17.1 Å². The second kappa shape index (κ2) is 5.73. The lowest BCUT2D eigenvalue weighted by Crippen LogP contribution is -2.48. The number of piperazine rings is 1. The summed E-state index contributed by atoms with van der Waals surface area (Å²) in [4.78, 5) is 20.2. The van der Waals surface area contributed by atoms with E-state index in [2.05, 4.69) is 22.6 Å². The quantitative estimate of drug-likeness (QED) is 0.839. The Morgan fingerprint density at radius 2 is 1.95 bits per heavy atom. The first kappa shape index (κ1) is 13.9. The Bertz CT molecular complexity index is 644. The van der Waals surface area contributed by atoms with Crippen LogP contribution in [0, 0.1) is 0 Å². The molecule has 6 heteroatoms. The van der Waals surface area contributed by atoms with Gasteiger partial charge in [0.1, 0.15) is 5.82 Å². The number of aryl methyl sites for hydroxylation is 1. The molecule has 0 spiro atoms. The Kier molecular flexibility index (Phi) is 3.79. The number of methoxy groups -OCH3 is 1. The molecule has 0 radical (unpaired) electrons. The second-order valence-corrected chi connectivity index (χ2v) is 5.31. The maximum Gasteiger partial charge on any atom is 0.409 e. The molecule has 2 aromatic rings. The molecule has 0 N–H and O–H groups in total. The highest BCUT2D eigenvalue weighted by atomic mass is 16.5. The number of imidazole rings is 1. The van der Waals surface area contributed by atoms with Crippen molar-refractivity contribution in [3.05, 3.63) is 30.1 Å². The number of ether oxygens (including phenoxy) is 1. The van der Waals surface area contributed by atoms with Gasteiger partial charge in [0.2, 0.25) is 0 Å². The summed E-state index contributed by atoms with van der Waals surface area (Å²) in [5.41, 5.74) is 2.18. The Morgan fingerprint density at radius 3 is 2.62 bits per heavy atom. The molecule has 2 heterocycles. The van der Waals surface area contributed by atoms with Crippen LogP contribution in [-0.2, 0) is 18.3 Å². The molecule has 1 aliphatic rings. The van der Waals surface area contributed by atoms with E-state index in [1.165, 1.54) is 7.11 Å². The van der Waals surface area contributed by atoms with Crippen molar-refractivity contribution in [2.75, 3.05) is 33.3 Å². The number of hydrogen-bond donors (Lipinski definition) is 0. The number of benzene rings is 1. The molecule has 1 fully saturated rings. The SMILES string of the molecule is COC(=O)N1CCN(Cc2nc3ccccc3n2C)CC1. The summed E-state index contributed by atoms with van der Waals surface area (Å²) in [6, 6.07) is 8.16. The average Bonchev–Trinajstić information content (AvgIpc) is 2.84. The van der Waals surface area contributed by atoms with Crippen LogP contribution >= 0.6 is 0 Å². The van der Waals surface area contributed by atoms with E-state index >= 15 is 0 Å². The van der Waals surface area contributed by atoms with Crippen molar-refractivity contribution in [3.8, 4) is 0 Å². The zero-order valence-electron chi connectivity index (χ0n) is 12.5. The smallest absolute Gasteiger partial charge is 0.409 e. The van der Waals surface area contributed by atoms with Gasteiger partial charge in [-0.05, 0) is 12.1 Å². The summed E-state index contributed by atoms with van der Waals surface area (Å²) in [5, 5.41) is 0. The summed E-state index contributed by atoms with van der Waals surface area (Å²) < 4.78 is 6.90. The number of nitrogens with zero attached hydrogens (tertiary/aromatic N) is 4. The second-order valence-electron chi connectivity index (χ2n) is 5.31. The molecule has 0 atom stereocenters. The average molecular weight is 288 g/mol. The van der Waals surface area contributed by atoms with Gasteiger partial charge in [-0.3, -0.25) is 4.90 Å². The monoisotopic (exact) mass is 288 g/mol. The molecule has 21 heavy (non-hydrogen) atoms. The van der Waals surface area contributed by atoms with Crippen LogP contribution < -0.4 is 0 Å². The van der Waals surface area contributed by atoms with Crippen LogP contribution in [0.5, 0.6) is 0 Å². The van der Waals surface area contributed by atoms with Crippen LogP contribution in [0.4, 0.5) is 4.79 Å². The van der Waals surface area contributed by atoms with Gasteiger partial charge in [0.15, 0.2) is 0 Å². The number of fused-ring (bicyclic) bond motifs is 1. The van der Waals surface area contributed by atoms with Gasteiger partial charge >= 0.3 is 6.09 Å². The molecule has 0 aliphatic carbocycles. The van der Waals surface area contributed by atoms with Crippen LogP contribution in [0.15, 0.2) is 24.3 Å². The van der Waals surface area contributed by atoms with E-state index in [0.717, 1.165) is 36.5 Å². The summed E-state index contributed by atoms with van der Waals surface area (Å²) in [6.45, 7) is 3.91. The lowest BCUT2D eigenvalue weighted by molar-refractivity contribution is 0.0878. The molecule has 1 amide bonds. The van der Waals surface area contributed by atoms with E-state index < -0.39 is 0 Å². The highest BCUT2D eigenvalue weighted by Gasteiger charge is 2.22. The largest absolute Gasteiger partial charge is 0.453 e. The van der Waals surface area contributed by atoms with Gasteiger partial charge in [-0.25, -0.2) is 9.78 Å². The molecule has 1 aromatic carbocycles. The zero-order valence-corrected chi connectivity index (χ0v) is 12.5. The minimum Gasteiger partial charge on any atom is -0.453 e. The van der Waals surface area contributed by atoms with Crippen LogP contribution in [0.25, 0.3) is 11.0 Å². The van der Waals surface area contributed by atoms with E-state index in [4.69, 9.17) is 9.72 Å². The van der Waals surface area contributed by atoms with Gasteiger partial charge in [0.25, 0.3) is 0 Å². The molecule has 3 rings (SSSR count). The maximum absolute atomic E-state index is 11.5. The Labute approximate surface area is 123 Å². The van der Waals surface area contributed by atoms with Gasteiger partial charge in [-0.2, -0.15) is 0 Å². The van der Waals surface area contributed by atoms with Crippen molar-refractivity contribution < 1.29 is 9.53 Å². The minimum absolute atomic E-state index is 0.239. The van der Waals surface area contributed by atoms with Crippen molar-refractivity contribution in [2.24, 2.45) is 7.05 Å². The first-order chi connectivity index (χ1) is 10.2. The normalized spacial score (nSPS) is 16.4. The van der Waals surface area contributed by atoms with Crippen molar-refractivity contribution in [2.45, 2.75) is 6.54 Å².